The van der Waals surface area contributed by atoms with Crippen LogP contribution < -0.4 is 5.32 Å². The Hall–Kier alpha value is -4.38. The number of amides is 3. The molecule has 4 rings (SSSR count). The summed E-state index contributed by atoms with van der Waals surface area (Å²) < 4.78 is 38.5. The molecule has 1 atom stereocenters. The van der Waals surface area contributed by atoms with Crippen molar-refractivity contribution in [3.8, 4) is 0 Å². The molecular weight excluding hydrogens is 533 g/mol. The quantitative estimate of drug-likeness (QED) is 0.316. The number of carbonyl (C=O) groups excluding carboxylic acids is 4. The summed E-state index contributed by atoms with van der Waals surface area (Å²) in [5, 5.41) is 1.78. The predicted molar refractivity (Wildman–Crippen MR) is 137 cm³/mol. The summed E-state index contributed by atoms with van der Waals surface area (Å²) in [6.45, 7) is 0. The van der Waals surface area contributed by atoms with Gasteiger partial charge in [-0.2, -0.15) is 13.2 Å². The highest BCUT2D eigenvalue weighted by Gasteiger charge is 2.44. The van der Waals surface area contributed by atoms with Crippen LogP contribution in [0.4, 0.5) is 13.2 Å². The van der Waals surface area contributed by atoms with Crippen molar-refractivity contribution in [2.24, 2.45) is 0 Å². The van der Waals surface area contributed by atoms with Crippen molar-refractivity contribution in [1.29, 1.82) is 0 Å². The Labute approximate surface area is 225 Å². The van der Waals surface area contributed by atoms with Gasteiger partial charge < -0.3 is 10.2 Å². The van der Waals surface area contributed by atoms with Crippen molar-refractivity contribution >= 4 is 35.5 Å². The molecule has 0 bridgehead atoms. The van der Waals surface area contributed by atoms with Gasteiger partial charge in [0.25, 0.3) is 11.8 Å². The fraction of sp³-hybridized carbons (Fsp3) is 0.143. The van der Waals surface area contributed by atoms with Gasteiger partial charge in [0.2, 0.25) is 0 Å². The van der Waals surface area contributed by atoms with Gasteiger partial charge in [-0.1, -0.05) is 96.1 Å². The fourth-order valence-corrected chi connectivity index (χ4v) is 5.56. The Balaban J connectivity index is 1.75. The second kappa shape index (κ2) is 11.6. The van der Waals surface area contributed by atoms with Crippen molar-refractivity contribution in [1.82, 2.24) is 10.4 Å². The molecule has 11 heteroatoms. The van der Waals surface area contributed by atoms with Crippen LogP contribution in [0, 0.1) is 0 Å². The molecule has 0 aliphatic carbocycles. The number of alkyl halides is 3. The Kier molecular flexibility index (Phi) is 8.20. The highest BCUT2D eigenvalue weighted by molar-refractivity contribution is 8.00. The lowest BCUT2D eigenvalue weighted by molar-refractivity contribution is -0.198. The Morgan fingerprint density at radius 3 is 1.56 bits per heavy atom. The highest BCUT2D eigenvalue weighted by atomic mass is 32.2. The molecule has 7 nitrogen and oxygen atoms in total. The smallest absolute Gasteiger partial charge is 0.334 e. The highest BCUT2D eigenvalue weighted by Crippen LogP contribution is 2.48. The van der Waals surface area contributed by atoms with Crippen LogP contribution >= 0.6 is 11.8 Å². The second-order valence-corrected chi connectivity index (χ2v) is 9.56. The van der Waals surface area contributed by atoms with E-state index in [1.165, 1.54) is 0 Å². The summed E-state index contributed by atoms with van der Waals surface area (Å²) >= 11 is 1.09. The van der Waals surface area contributed by atoms with E-state index in [0.717, 1.165) is 40.6 Å². The number of nitrogens with zero attached hydrogens (tertiary/aromatic N) is 1. The van der Waals surface area contributed by atoms with Crippen molar-refractivity contribution in [3.63, 3.8) is 0 Å². The van der Waals surface area contributed by atoms with Gasteiger partial charge in [0.15, 0.2) is 0 Å². The molecular formula is C28H21F3N2O5S. The average Bonchev–Trinajstić information content (AvgIpc) is 3.26. The van der Waals surface area contributed by atoms with Crippen LogP contribution in [-0.4, -0.2) is 46.7 Å². The van der Waals surface area contributed by atoms with Crippen LogP contribution in [0.15, 0.2) is 103 Å². The van der Waals surface area contributed by atoms with E-state index in [1.54, 1.807) is 5.32 Å². The molecule has 1 aliphatic heterocycles. The minimum atomic E-state index is -5.29. The molecule has 1 unspecified atom stereocenters. The minimum Gasteiger partial charge on any atom is -0.334 e. The monoisotopic (exact) mass is 554 g/mol. The van der Waals surface area contributed by atoms with Gasteiger partial charge in [0.1, 0.15) is 6.04 Å². The number of rotatable bonds is 9. The van der Waals surface area contributed by atoms with Gasteiger partial charge in [-0.15, -0.1) is 11.8 Å². The first-order chi connectivity index (χ1) is 18.6. The third-order valence-electron chi connectivity index (χ3n) is 5.80. The van der Waals surface area contributed by atoms with Crippen LogP contribution in [0.2, 0.25) is 0 Å². The molecule has 0 saturated heterocycles. The fourth-order valence-electron chi connectivity index (χ4n) is 4.02. The van der Waals surface area contributed by atoms with E-state index in [9.17, 15) is 32.3 Å². The van der Waals surface area contributed by atoms with E-state index in [0.29, 0.717) is 0 Å². The molecule has 0 aromatic heterocycles. The lowest BCUT2D eigenvalue weighted by atomic mass is 9.84. The SMILES string of the molecule is O=C(ON1C(=O)C=CC1=O)C(CSC(c1ccccc1)(c1ccccc1)c1ccccc1)NC(=O)C(F)(F)F. The van der Waals surface area contributed by atoms with Crippen molar-refractivity contribution < 1.29 is 37.2 Å². The van der Waals surface area contributed by atoms with Crippen molar-refractivity contribution in [3.05, 3.63) is 120 Å². The molecule has 0 saturated carbocycles. The lowest BCUT2D eigenvalue weighted by Gasteiger charge is -2.36. The Bertz CT molecular complexity index is 1270. The van der Waals surface area contributed by atoms with Crippen LogP contribution in [0.1, 0.15) is 16.7 Å². The number of thioether (sulfide) groups is 1. The van der Waals surface area contributed by atoms with Crippen LogP contribution in [0.3, 0.4) is 0 Å². The summed E-state index contributed by atoms with van der Waals surface area (Å²) in [7, 11) is 0. The van der Waals surface area contributed by atoms with Crippen LogP contribution in [0.25, 0.3) is 0 Å². The average molecular weight is 555 g/mol. The molecule has 39 heavy (non-hydrogen) atoms. The zero-order valence-electron chi connectivity index (χ0n) is 20.1. The maximum Gasteiger partial charge on any atom is 0.471 e. The summed E-state index contributed by atoms with van der Waals surface area (Å²) in [6, 6.07) is 25.5. The maximum absolute atomic E-state index is 13.2. The van der Waals surface area contributed by atoms with E-state index < -0.39 is 46.4 Å². The van der Waals surface area contributed by atoms with E-state index in [-0.39, 0.29) is 5.06 Å². The first kappa shape index (κ1) is 27.6. The molecule has 0 radical (unpaired) electrons. The van der Waals surface area contributed by atoms with E-state index in [2.05, 4.69) is 0 Å². The minimum absolute atomic E-state index is 0.124. The van der Waals surface area contributed by atoms with Gasteiger partial charge in [-0.25, -0.2) is 4.79 Å². The van der Waals surface area contributed by atoms with Gasteiger partial charge in [-0.05, 0) is 16.7 Å². The van der Waals surface area contributed by atoms with Crippen LogP contribution in [0.5, 0.6) is 0 Å². The normalized spacial score (nSPS) is 14.3. The number of carbonyl (C=O) groups is 4. The standard InChI is InChI=1S/C28H21F3N2O5S/c29-28(30,31)26(37)32-22(25(36)38-33-23(34)16-17-24(33)35)18-39-27(19-10-4-1-5-11-19,20-12-6-2-7-13-20)21-14-8-3-9-15-21/h1-17,22H,18H2,(H,32,37). The molecule has 0 spiro atoms. The largest absolute Gasteiger partial charge is 0.471 e. The van der Waals surface area contributed by atoms with Crippen LogP contribution in [-0.2, 0) is 28.8 Å². The number of imide groups is 1. The third-order valence-corrected chi connectivity index (χ3v) is 7.44. The molecule has 1 N–H and O–H groups in total. The first-order valence-electron chi connectivity index (χ1n) is 11.6. The molecule has 200 valence electrons. The first-order valence-corrected chi connectivity index (χ1v) is 12.6. The number of halogens is 3. The van der Waals surface area contributed by atoms with E-state index >= 15 is 0 Å². The molecule has 0 fully saturated rings. The number of hydrogen-bond acceptors (Lipinski definition) is 6. The molecule has 3 aromatic carbocycles. The van der Waals surface area contributed by atoms with Crippen molar-refractivity contribution in [2.75, 3.05) is 5.75 Å². The number of benzene rings is 3. The Morgan fingerprint density at radius 1 is 0.769 bits per heavy atom. The van der Waals surface area contributed by atoms with Gasteiger partial charge in [0.05, 0.1) is 4.75 Å². The zero-order valence-corrected chi connectivity index (χ0v) is 20.9. The van der Waals surface area contributed by atoms with Crippen molar-refractivity contribution in [2.45, 2.75) is 17.0 Å². The van der Waals surface area contributed by atoms with Gasteiger partial charge in [0, 0.05) is 17.9 Å². The zero-order chi connectivity index (χ0) is 28.0. The lowest BCUT2D eigenvalue weighted by Crippen LogP contribution is -2.51. The number of nitrogens with one attached hydrogen (secondary N) is 1. The predicted octanol–water partition coefficient (Wildman–Crippen LogP) is 4.14. The number of hydrogen-bond donors (Lipinski definition) is 1. The van der Waals surface area contributed by atoms with Gasteiger partial charge in [-0.3, -0.25) is 14.4 Å². The summed E-state index contributed by atoms with van der Waals surface area (Å²) in [5.41, 5.74) is 2.28. The topological polar surface area (TPSA) is 92.8 Å². The Morgan fingerprint density at radius 2 is 1.18 bits per heavy atom. The number of hydroxylamine groups is 2. The second-order valence-electron chi connectivity index (χ2n) is 8.33. The molecule has 3 aromatic rings. The maximum atomic E-state index is 13.2. The third kappa shape index (κ3) is 6.04. The summed E-state index contributed by atoms with van der Waals surface area (Å²) in [4.78, 5) is 53.4. The van der Waals surface area contributed by atoms with E-state index in [1.807, 2.05) is 91.0 Å². The summed E-state index contributed by atoms with van der Waals surface area (Å²) in [6.07, 6.45) is -3.60. The molecule has 1 aliphatic rings. The summed E-state index contributed by atoms with van der Waals surface area (Å²) in [5.74, 6) is -6.15. The molecule has 1 heterocycles. The van der Waals surface area contributed by atoms with Gasteiger partial charge >= 0.3 is 18.1 Å². The molecule has 3 amide bonds. The van der Waals surface area contributed by atoms with E-state index in [4.69, 9.17) is 4.84 Å².